The quantitative estimate of drug-likeness (QED) is 0.337. The molecule has 182 valence electrons. The molecule has 1 saturated carbocycles. The zero-order chi connectivity index (χ0) is 24.6. The van der Waals surface area contributed by atoms with Gasteiger partial charge in [-0.05, 0) is 63.1 Å². The second kappa shape index (κ2) is 9.19. The van der Waals surface area contributed by atoms with Crippen LogP contribution in [0.3, 0.4) is 0 Å². The van der Waals surface area contributed by atoms with E-state index in [1.54, 1.807) is 17.5 Å². The number of hydrogen-bond donors (Lipinski definition) is 2. The number of aromatic amines is 1. The van der Waals surface area contributed by atoms with Crippen molar-refractivity contribution in [2.24, 2.45) is 0 Å². The van der Waals surface area contributed by atoms with E-state index in [1.807, 2.05) is 43.3 Å². The predicted molar refractivity (Wildman–Crippen MR) is 138 cm³/mol. The Morgan fingerprint density at radius 1 is 1.17 bits per heavy atom. The van der Waals surface area contributed by atoms with E-state index in [-0.39, 0.29) is 17.9 Å². The molecule has 1 fully saturated rings. The Bertz CT molecular complexity index is 1500. The summed E-state index contributed by atoms with van der Waals surface area (Å²) in [5.74, 6) is 2.63. The molecule has 0 atom stereocenters. The molecule has 0 aliphatic heterocycles. The number of thiophene rings is 1. The summed E-state index contributed by atoms with van der Waals surface area (Å²) in [5.41, 5.74) is 2.37. The number of H-pyrrole nitrogens is 1. The molecule has 0 radical (unpaired) electrons. The summed E-state index contributed by atoms with van der Waals surface area (Å²) < 4.78 is 7.63. The predicted octanol–water partition coefficient (Wildman–Crippen LogP) is 4.65. The van der Waals surface area contributed by atoms with Crippen LogP contribution in [0, 0.1) is 6.92 Å². The van der Waals surface area contributed by atoms with Gasteiger partial charge in [-0.2, -0.15) is 0 Å². The van der Waals surface area contributed by atoms with Crippen molar-refractivity contribution in [1.29, 1.82) is 0 Å². The minimum atomic E-state index is -0.190. The highest BCUT2D eigenvalue weighted by atomic mass is 32.1. The number of fused-ring (bicyclic) bond motifs is 1. The van der Waals surface area contributed by atoms with Crippen molar-refractivity contribution in [2.45, 2.75) is 38.6 Å². The maximum absolute atomic E-state index is 12.8. The molecule has 36 heavy (non-hydrogen) atoms. The average molecular weight is 500 g/mol. The van der Waals surface area contributed by atoms with Crippen LogP contribution in [-0.2, 0) is 0 Å². The zero-order valence-electron chi connectivity index (χ0n) is 19.9. The number of nitrogens with zero attached hydrogens (tertiary/aromatic N) is 5. The fraction of sp³-hybridized carbons (Fsp3) is 0.269. The fourth-order valence-corrected chi connectivity index (χ4v) is 5.38. The molecule has 9 nitrogen and oxygen atoms in total. The summed E-state index contributed by atoms with van der Waals surface area (Å²) in [6.07, 6.45) is 3.28. The summed E-state index contributed by atoms with van der Waals surface area (Å²) in [7, 11) is 0. The molecule has 6 rings (SSSR count). The molecule has 0 spiro atoms. The van der Waals surface area contributed by atoms with E-state index in [2.05, 4.69) is 54.1 Å². The van der Waals surface area contributed by atoms with Crippen LogP contribution in [0.1, 0.15) is 47.0 Å². The first kappa shape index (κ1) is 22.4. The van der Waals surface area contributed by atoms with Gasteiger partial charge in [0.15, 0.2) is 11.6 Å². The van der Waals surface area contributed by atoms with Gasteiger partial charge in [0.1, 0.15) is 22.3 Å². The van der Waals surface area contributed by atoms with Gasteiger partial charge in [-0.1, -0.05) is 12.1 Å². The lowest BCUT2D eigenvalue weighted by atomic mass is 9.79. The molecule has 4 aromatic heterocycles. The minimum absolute atomic E-state index is 0.0537. The number of ether oxygens (including phenoxy) is 1. The summed E-state index contributed by atoms with van der Waals surface area (Å²) in [5, 5.41) is 13.2. The number of carbonyl (C=O) groups excluding carboxylic acids is 1. The van der Waals surface area contributed by atoms with E-state index in [0.717, 1.165) is 46.1 Å². The van der Waals surface area contributed by atoms with E-state index in [4.69, 9.17) is 4.74 Å². The number of imidazole rings is 1. The van der Waals surface area contributed by atoms with Crippen molar-refractivity contribution < 1.29 is 9.53 Å². The third-order valence-electron chi connectivity index (χ3n) is 6.35. The van der Waals surface area contributed by atoms with Crippen LogP contribution in [0.5, 0.6) is 5.75 Å². The summed E-state index contributed by atoms with van der Waals surface area (Å²) in [6.45, 7) is 4.62. The molecule has 1 aliphatic carbocycles. The number of rotatable bonds is 7. The third-order valence-corrected chi connectivity index (χ3v) is 7.34. The van der Waals surface area contributed by atoms with Crippen molar-refractivity contribution in [2.75, 3.05) is 6.61 Å². The molecule has 0 saturated heterocycles. The molecule has 1 aromatic carbocycles. The number of benzene rings is 1. The van der Waals surface area contributed by atoms with Crippen LogP contribution in [-0.4, -0.2) is 48.3 Å². The molecular formula is C26H25N7O2S. The van der Waals surface area contributed by atoms with Gasteiger partial charge in [-0.3, -0.25) is 9.36 Å². The normalized spacial score (nSPS) is 17.2. The first-order valence-corrected chi connectivity index (χ1v) is 12.8. The van der Waals surface area contributed by atoms with E-state index >= 15 is 0 Å². The van der Waals surface area contributed by atoms with E-state index in [9.17, 15) is 4.79 Å². The second-order valence-corrected chi connectivity index (χ2v) is 10.1. The molecule has 0 unspecified atom stereocenters. The Balaban J connectivity index is 1.22. The van der Waals surface area contributed by atoms with Crippen LogP contribution < -0.4 is 10.1 Å². The van der Waals surface area contributed by atoms with E-state index < -0.39 is 0 Å². The van der Waals surface area contributed by atoms with Gasteiger partial charge in [-0.25, -0.2) is 9.97 Å². The SMILES string of the molecule is CCOc1ccc(-c2nnc([C@H]3C[C@H](NC(=O)c4nc5ccccc5[nH]4)C3)n2-c2ccc(C)s2)nc1. The monoisotopic (exact) mass is 499 g/mol. The highest BCUT2D eigenvalue weighted by molar-refractivity contribution is 7.14. The van der Waals surface area contributed by atoms with Crippen LogP contribution in [0.2, 0.25) is 0 Å². The first-order chi connectivity index (χ1) is 17.6. The van der Waals surface area contributed by atoms with Gasteiger partial charge >= 0.3 is 0 Å². The molecular weight excluding hydrogens is 474 g/mol. The Labute approximate surface area is 211 Å². The van der Waals surface area contributed by atoms with Gasteiger partial charge in [0.2, 0.25) is 0 Å². The fourth-order valence-electron chi connectivity index (χ4n) is 4.51. The summed E-state index contributed by atoms with van der Waals surface area (Å²) in [4.78, 5) is 26.0. The molecule has 1 amide bonds. The number of nitrogens with one attached hydrogen (secondary N) is 2. The average Bonchev–Trinajstić information content (AvgIpc) is 3.59. The number of aromatic nitrogens is 6. The van der Waals surface area contributed by atoms with Crippen LogP contribution >= 0.6 is 11.3 Å². The molecule has 0 bridgehead atoms. The number of amides is 1. The Hall–Kier alpha value is -4.05. The lowest BCUT2D eigenvalue weighted by molar-refractivity contribution is 0.0897. The van der Waals surface area contributed by atoms with Crippen molar-refractivity contribution in [1.82, 2.24) is 35.0 Å². The Morgan fingerprint density at radius 2 is 2.03 bits per heavy atom. The van der Waals surface area contributed by atoms with Crippen LogP contribution in [0.25, 0.3) is 27.6 Å². The smallest absolute Gasteiger partial charge is 0.287 e. The number of hydrogen-bond acceptors (Lipinski definition) is 7. The highest BCUT2D eigenvalue weighted by Crippen LogP contribution is 2.39. The maximum Gasteiger partial charge on any atom is 0.287 e. The highest BCUT2D eigenvalue weighted by Gasteiger charge is 2.36. The Kier molecular flexibility index (Phi) is 5.73. The van der Waals surface area contributed by atoms with Crippen LogP contribution in [0.4, 0.5) is 0 Å². The zero-order valence-corrected chi connectivity index (χ0v) is 20.7. The number of carbonyl (C=O) groups is 1. The van der Waals surface area contributed by atoms with E-state index in [1.165, 1.54) is 4.88 Å². The largest absolute Gasteiger partial charge is 0.492 e. The maximum atomic E-state index is 12.8. The summed E-state index contributed by atoms with van der Waals surface area (Å²) in [6, 6.07) is 15.7. The number of pyridine rings is 1. The molecule has 1 aliphatic rings. The van der Waals surface area contributed by atoms with Gasteiger partial charge in [0, 0.05) is 16.8 Å². The molecule has 2 N–H and O–H groups in total. The van der Waals surface area contributed by atoms with Gasteiger partial charge in [0.05, 0.1) is 23.8 Å². The van der Waals surface area contributed by atoms with Gasteiger partial charge in [0.25, 0.3) is 5.91 Å². The topological polar surface area (TPSA) is 111 Å². The number of aryl methyl sites for hydroxylation is 1. The number of para-hydroxylation sites is 2. The summed E-state index contributed by atoms with van der Waals surface area (Å²) >= 11 is 1.69. The van der Waals surface area contributed by atoms with Crippen molar-refractivity contribution in [3.63, 3.8) is 0 Å². The van der Waals surface area contributed by atoms with E-state index in [0.29, 0.717) is 18.3 Å². The van der Waals surface area contributed by atoms with Crippen molar-refractivity contribution in [3.8, 4) is 22.3 Å². The second-order valence-electron chi connectivity index (χ2n) is 8.85. The molecule has 4 heterocycles. The van der Waals surface area contributed by atoms with Crippen molar-refractivity contribution >= 4 is 28.3 Å². The molecule has 10 heteroatoms. The Morgan fingerprint density at radius 3 is 2.75 bits per heavy atom. The van der Waals surface area contributed by atoms with Gasteiger partial charge < -0.3 is 15.0 Å². The minimum Gasteiger partial charge on any atom is -0.492 e. The van der Waals surface area contributed by atoms with Crippen molar-refractivity contribution in [3.05, 3.63) is 71.3 Å². The lowest BCUT2D eigenvalue weighted by Crippen LogP contribution is -2.44. The third kappa shape index (κ3) is 4.13. The van der Waals surface area contributed by atoms with Gasteiger partial charge in [-0.15, -0.1) is 21.5 Å². The standard InChI is InChI=1S/C26H25N7O2S/c1-3-35-18-9-10-21(27-14-18)25-32-31-24(33(25)22-11-8-15(2)36-22)16-12-17(13-16)28-26(34)23-29-19-6-4-5-7-20(19)30-23/h4-11,14,16-17H,3,12-13H2,1-2H3,(H,28,34)(H,29,30)/t16-,17-. The molecule has 5 aromatic rings. The first-order valence-electron chi connectivity index (χ1n) is 12.0. The van der Waals surface area contributed by atoms with Crippen LogP contribution in [0.15, 0.2) is 54.7 Å². The lowest BCUT2D eigenvalue weighted by Gasteiger charge is -2.35.